The number of phenols is 1. The molecule has 200 valence electrons. The molecular formula is C26H42O7Si3. The largest absolute Gasteiger partial charge is 0.507 e. The Kier molecular flexibility index (Phi) is 11.1. The molecule has 1 atom stereocenters. The number of phenolic OH excluding ortho intramolecular Hbond substituents is 1. The van der Waals surface area contributed by atoms with E-state index in [1.54, 1.807) is 30.3 Å². The summed E-state index contributed by atoms with van der Waals surface area (Å²) in [5.74, 6) is -0.0666. The predicted octanol–water partition coefficient (Wildman–Crippen LogP) is 5.54. The Morgan fingerprint density at radius 3 is 2.06 bits per heavy atom. The second-order valence-electron chi connectivity index (χ2n) is 11.1. The zero-order valence-electron chi connectivity index (χ0n) is 22.7. The lowest BCUT2D eigenvalue weighted by Crippen LogP contribution is -2.52. The van der Waals surface area contributed by atoms with E-state index in [9.17, 15) is 15.0 Å². The molecule has 0 saturated heterocycles. The number of benzene rings is 2. The zero-order valence-corrected chi connectivity index (χ0v) is 25.7. The van der Waals surface area contributed by atoms with Crippen LogP contribution < -0.4 is 4.74 Å². The lowest BCUT2D eigenvalue weighted by atomic mass is 10.0. The van der Waals surface area contributed by atoms with Crippen LogP contribution in [0.3, 0.4) is 0 Å². The topological polar surface area (TPSA) is 94.5 Å². The monoisotopic (exact) mass is 550 g/mol. The molecule has 2 N–H and O–H groups in total. The molecule has 2 aromatic carbocycles. The number of aliphatic hydroxyl groups excluding tert-OH is 1. The molecule has 0 fully saturated rings. The third-order valence-electron chi connectivity index (χ3n) is 4.97. The van der Waals surface area contributed by atoms with Crippen molar-refractivity contribution in [3.63, 3.8) is 0 Å². The van der Waals surface area contributed by atoms with Crippen LogP contribution >= 0.6 is 0 Å². The maximum atomic E-state index is 12.5. The SMILES string of the molecule is C[Si](C)(C)O[Si](C)(CCCOCC(O)COc1ccc(C(=O)c2ccccc2)c(O)c1)O[Si](C)(C)C. The van der Waals surface area contributed by atoms with Crippen molar-refractivity contribution in [1.82, 2.24) is 0 Å². The lowest BCUT2D eigenvalue weighted by molar-refractivity contribution is 0.0120. The molecule has 36 heavy (non-hydrogen) atoms. The quantitative estimate of drug-likeness (QED) is 0.171. The fourth-order valence-electron chi connectivity index (χ4n) is 3.91. The van der Waals surface area contributed by atoms with Crippen molar-refractivity contribution >= 4 is 31.0 Å². The molecule has 0 saturated carbocycles. The van der Waals surface area contributed by atoms with E-state index >= 15 is 0 Å². The first-order valence-electron chi connectivity index (χ1n) is 12.4. The lowest BCUT2D eigenvalue weighted by Gasteiger charge is -2.38. The molecule has 2 aromatic rings. The number of aromatic hydroxyl groups is 1. The van der Waals surface area contributed by atoms with Gasteiger partial charge < -0.3 is 27.9 Å². The number of ketones is 1. The van der Waals surface area contributed by atoms with Crippen LogP contribution in [0.2, 0.25) is 51.9 Å². The minimum absolute atomic E-state index is 0.00928. The van der Waals surface area contributed by atoms with Crippen molar-refractivity contribution in [2.75, 3.05) is 19.8 Å². The highest BCUT2D eigenvalue weighted by atomic mass is 28.5. The molecule has 10 heteroatoms. The molecule has 0 aliphatic rings. The van der Waals surface area contributed by atoms with E-state index < -0.39 is 31.3 Å². The van der Waals surface area contributed by atoms with Gasteiger partial charge in [0.2, 0.25) is 0 Å². The first-order chi connectivity index (χ1) is 16.7. The van der Waals surface area contributed by atoms with Crippen LogP contribution in [-0.2, 0) is 13.0 Å². The third kappa shape index (κ3) is 11.1. The van der Waals surface area contributed by atoms with Crippen molar-refractivity contribution in [2.45, 2.75) is 64.4 Å². The van der Waals surface area contributed by atoms with Gasteiger partial charge in [-0.2, -0.15) is 0 Å². The minimum atomic E-state index is -2.29. The van der Waals surface area contributed by atoms with E-state index in [4.69, 9.17) is 17.7 Å². The fourth-order valence-corrected chi connectivity index (χ4v) is 16.4. The van der Waals surface area contributed by atoms with Crippen molar-refractivity contribution < 1.29 is 32.7 Å². The second kappa shape index (κ2) is 13.1. The van der Waals surface area contributed by atoms with E-state index in [0.29, 0.717) is 17.9 Å². The Balaban J connectivity index is 1.77. The molecule has 0 amide bonds. The summed E-state index contributed by atoms with van der Waals surface area (Å²) in [6.07, 6.45) is -0.0198. The molecule has 0 spiro atoms. The molecule has 0 aliphatic heterocycles. The van der Waals surface area contributed by atoms with Crippen LogP contribution in [-0.4, -0.2) is 67.1 Å². The van der Waals surface area contributed by atoms with Crippen LogP contribution in [0, 0.1) is 0 Å². The van der Waals surface area contributed by atoms with Crippen LogP contribution in [0.15, 0.2) is 48.5 Å². The molecule has 0 aromatic heterocycles. The van der Waals surface area contributed by atoms with Gasteiger partial charge in [0.05, 0.1) is 12.2 Å². The number of ether oxygens (including phenoxy) is 2. The molecule has 1 unspecified atom stereocenters. The predicted molar refractivity (Wildman–Crippen MR) is 150 cm³/mol. The molecular weight excluding hydrogens is 509 g/mol. The number of carbonyl (C=O) groups is 1. The molecule has 0 heterocycles. The van der Waals surface area contributed by atoms with Gasteiger partial charge in [-0.25, -0.2) is 0 Å². The van der Waals surface area contributed by atoms with Gasteiger partial charge in [-0.1, -0.05) is 30.3 Å². The van der Waals surface area contributed by atoms with Crippen molar-refractivity contribution in [2.24, 2.45) is 0 Å². The van der Waals surface area contributed by atoms with Crippen molar-refractivity contribution in [3.05, 3.63) is 59.7 Å². The average molecular weight is 551 g/mol. The molecule has 0 bridgehead atoms. The summed E-state index contributed by atoms with van der Waals surface area (Å²) in [6, 6.07) is 14.1. The highest BCUT2D eigenvalue weighted by Gasteiger charge is 2.39. The molecule has 2 rings (SSSR count). The van der Waals surface area contributed by atoms with Crippen LogP contribution in [0.1, 0.15) is 22.3 Å². The maximum Gasteiger partial charge on any atom is 0.314 e. The highest BCUT2D eigenvalue weighted by molar-refractivity contribution is 6.87. The first-order valence-corrected chi connectivity index (χ1v) is 21.7. The summed E-state index contributed by atoms with van der Waals surface area (Å²) < 4.78 is 24.3. The summed E-state index contributed by atoms with van der Waals surface area (Å²) in [5, 5.41) is 20.5. The number of hydrogen-bond acceptors (Lipinski definition) is 7. The Labute approximate surface area is 218 Å². The fraction of sp³-hybridized carbons (Fsp3) is 0.500. The Morgan fingerprint density at radius 1 is 0.889 bits per heavy atom. The van der Waals surface area contributed by atoms with Gasteiger partial charge in [-0.3, -0.25) is 4.79 Å². The number of rotatable bonds is 15. The zero-order chi connectivity index (χ0) is 27.0. The van der Waals surface area contributed by atoms with E-state index in [2.05, 4.69) is 45.8 Å². The van der Waals surface area contributed by atoms with Crippen molar-refractivity contribution in [3.8, 4) is 11.5 Å². The van der Waals surface area contributed by atoms with E-state index in [1.165, 1.54) is 12.1 Å². The highest BCUT2D eigenvalue weighted by Crippen LogP contribution is 2.27. The van der Waals surface area contributed by atoms with Gasteiger partial charge in [-0.05, 0) is 70.4 Å². The first kappa shape index (κ1) is 30.4. The summed E-state index contributed by atoms with van der Waals surface area (Å²) in [7, 11) is -5.74. The van der Waals surface area contributed by atoms with Gasteiger partial charge in [0, 0.05) is 18.2 Å². The summed E-state index contributed by atoms with van der Waals surface area (Å²) in [5.41, 5.74) is 0.695. The van der Waals surface area contributed by atoms with Gasteiger partial charge in [0.1, 0.15) is 24.2 Å². The molecule has 0 radical (unpaired) electrons. The van der Waals surface area contributed by atoms with Gasteiger partial charge >= 0.3 is 8.56 Å². The number of hydrogen-bond donors (Lipinski definition) is 2. The summed E-state index contributed by atoms with van der Waals surface area (Å²) in [6.45, 7) is 15.9. The van der Waals surface area contributed by atoms with Crippen molar-refractivity contribution in [1.29, 1.82) is 0 Å². The Bertz CT molecular complexity index is 956. The maximum absolute atomic E-state index is 12.5. The Morgan fingerprint density at radius 2 is 1.50 bits per heavy atom. The standard InChI is InChI=1S/C26H42O7Si3/c1-34(2,3)32-36(7,33-35(4,5)6)17-11-16-30-19-22(27)20-31-23-14-15-24(25(28)18-23)26(29)21-12-9-8-10-13-21/h8-10,12-15,18,22,27-28H,11,16-17,19-20H2,1-7H3. The Hall–Kier alpha value is -1.80. The van der Waals surface area contributed by atoms with Crippen LogP contribution in [0.25, 0.3) is 0 Å². The van der Waals surface area contributed by atoms with Gasteiger partial charge in [0.15, 0.2) is 22.4 Å². The average Bonchev–Trinajstić information content (AvgIpc) is 2.75. The molecule has 7 nitrogen and oxygen atoms in total. The number of aliphatic hydroxyl groups is 1. The number of carbonyl (C=O) groups excluding carboxylic acids is 1. The van der Waals surface area contributed by atoms with Gasteiger partial charge in [-0.15, -0.1) is 0 Å². The summed E-state index contributed by atoms with van der Waals surface area (Å²) in [4.78, 5) is 12.5. The normalized spacial score (nSPS) is 13.4. The van der Waals surface area contributed by atoms with Gasteiger partial charge in [0.25, 0.3) is 0 Å². The van der Waals surface area contributed by atoms with E-state index in [1.807, 2.05) is 6.07 Å². The minimum Gasteiger partial charge on any atom is -0.507 e. The molecule has 0 aliphatic carbocycles. The summed E-state index contributed by atoms with van der Waals surface area (Å²) >= 11 is 0. The van der Waals surface area contributed by atoms with E-state index in [0.717, 1.165) is 12.5 Å². The van der Waals surface area contributed by atoms with Crippen LogP contribution in [0.4, 0.5) is 0 Å². The smallest absolute Gasteiger partial charge is 0.314 e. The third-order valence-corrected chi connectivity index (χ3v) is 14.6. The second-order valence-corrected chi connectivity index (χ2v) is 23.9. The van der Waals surface area contributed by atoms with E-state index in [-0.39, 0.29) is 30.3 Å². The van der Waals surface area contributed by atoms with Crippen LogP contribution in [0.5, 0.6) is 11.5 Å².